The zero-order valence-corrected chi connectivity index (χ0v) is 16.2. The van der Waals surface area contributed by atoms with Crippen LogP contribution in [0.25, 0.3) is 11.3 Å². The maximum atomic E-state index is 12.3. The van der Waals surface area contributed by atoms with E-state index in [1.54, 1.807) is 11.0 Å². The van der Waals surface area contributed by atoms with Crippen molar-refractivity contribution in [3.05, 3.63) is 52.3 Å². The number of hydrogen-bond acceptors (Lipinski definition) is 3. The number of aromatic nitrogens is 2. The summed E-state index contributed by atoms with van der Waals surface area (Å²) in [6.45, 7) is 6.98. The molecule has 144 valence electrons. The fourth-order valence-electron chi connectivity index (χ4n) is 3.62. The van der Waals surface area contributed by atoms with Crippen LogP contribution in [0.3, 0.4) is 0 Å². The Labute approximate surface area is 160 Å². The second kappa shape index (κ2) is 8.95. The first kappa shape index (κ1) is 19.3. The molecule has 2 heterocycles. The van der Waals surface area contributed by atoms with Crippen LogP contribution in [-0.2, 0) is 11.3 Å². The second-order valence-electron chi connectivity index (χ2n) is 7.49. The van der Waals surface area contributed by atoms with Gasteiger partial charge in [-0.15, -0.1) is 0 Å². The average Bonchev–Trinajstić information content (AvgIpc) is 2.66. The van der Waals surface area contributed by atoms with Gasteiger partial charge in [0.1, 0.15) is 6.54 Å². The van der Waals surface area contributed by atoms with Gasteiger partial charge in [-0.2, -0.15) is 5.10 Å². The van der Waals surface area contributed by atoms with Crippen LogP contribution in [0.5, 0.6) is 0 Å². The zero-order valence-electron chi connectivity index (χ0n) is 16.2. The summed E-state index contributed by atoms with van der Waals surface area (Å²) in [7, 11) is 0. The number of amides is 1. The summed E-state index contributed by atoms with van der Waals surface area (Å²) in [5.74, 6) is -0.172. The van der Waals surface area contributed by atoms with Gasteiger partial charge in [0.25, 0.3) is 5.56 Å². The highest BCUT2D eigenvalue weighted by atomic mass is 16.2. The van der Waals surface area contributed by atoms with Gasteiger partial charge in [0.15, 0.2) is 0 Å². The lowest BCUT2D eigenvalue weighted by molar-refractivity contribution is -0.927. The number of rotatable bonds is 6. The first-order valence-corrected chi connectivity index (χ1v) is 9.79. The predicted octanol–water partition coefficient (Wildman–Crippen LogP) is 0.792. The van der Waals surface area contributed by atoms with Crippen molar-refractivity contribution in [2.24, 2.45) is 0 Å². The van der Waals surface area contributed by atoms with E-state index in [9.17, 15) is 9.59 Å². The number of carbonyl (C=O) groups excluding carboxylic acids is 1. The summed E-state index contributed by atoms with van der Waals surface area (Å²) in [5.41, 5.74) is 2.51. The molecule has 1 amide bonds. The molecule has 0 aliphatic carbocycles. The Balaban J connectivity index is 1.57. The highest BCUT2D eigenvalue weighted by Crippen LogP contribution is 2.15. The Kier molecular flexibility index (Phi) is 6.40. The van der Waals surface area contributed by atoms with Crippen molar-refractivity contribution in [2.75, 3.05) is 19.6 Å². The van der Waals surface area contributed by atoms with E-state index >= 15 is 0 Å². The Bertz CT molecular complexity index is 829. The second-order valence-corrected chi connectivity index (χ2v) is 7.49. The molecule has 2 N–H and O–H groups in total. The van der Waals surface area contributed by atoms with Crippen LogP contribution < -0.4 is 15.8 Å². The molecule has 2 atom stereocenters. The molecule has 0 saturated carbocycles. The van der Waals surface area contributed by atoms with E-state index in [0.29, 0.717) is 18.3 Å². The van der Waals surface area contributed by atoms with Crippen molar-refractivity contribution in [3.63, 3.8) is 0 Å². The van der Waals surface area contributed by atoms with Crippen molar-refractivity contribution >= 4 is 5.91 Å². The summed E-state index contributed by atoms with van der Waals surface area (Å²) in [5, 5.41) is 7.29. The zero-order chi connectivity index (χ0) is 19.2. The molecule has 0 spiro atoms. The molecule has 2 aromatic rings. The highest BCUT2D eigenvalue weighted by Gasteiger charge is 2.21. The number of quaternary nitrogens is 1. The van der Waals surface area contributed by atoms with Gasteiger partial charge >= 0.3 is 0 Å². The minimum atomic E-state index is -0.267. The van der Waals surface area contributed by atoms with Crippen LogP contribution >= 0.6 is 0 Å². The van der Waals surface area contributed by atoms with Crippen LogP contribution in [0.15, 0.2) is 41.2 Å². The lowest BCUT2D eigenvalue weighted by Gasteiger charge is -2.30. The van der Waals surface area contributed by atoms with E-state index in [0.717, 1.165) is 17.7 Å². The monoisotopic (exact) mass is 369 g/mol. The first-order valence-electron chi connectivity index (χ1n) is 9.79. The van der Waals surface area contributed by atoms with Crippen molar-refractivity contribution in [2.45, 2.75) is 45.7 Å². The van der Waals surface area contributed by atoms with Gasteiger partial charge < -0.3 is 10.2 Å². The fourth-order valence-corrected chi connectivity index (χ4v) is 3.62. The topological polar surface area (TPSA) is 68.4 Å². The number of aryl methyl sites for hydroxylation is 1. The van der Waals surface area contributed by atoms with E-state index < -0.39 is 0 Å². The van der Waals surface area contributed by atoms with Gasteiger partial charge in [0, 0.05) is 11.6 Å². The van der Waals surface area contributed by atoms with Gasteiger partial charge in [-0.25, -0.2) is 4.68 Å². The van der Waals surface area contributed by atoms with Crippen molar-refractivity contribution in [3.8, 4) is 11.3 Å². The van der Waals surface area contributed by atoms with E-state index in [-0.39, 0.29) is 18.0 Å². The van der Waals surface area contributed by atoms with E-state index in [1.807, 2.05) is 31.2 Å². The SMILES string of the molecule is Cc1ccc(-c2ccc(=O)n(CC(=O)NCC[NH+]3CCCCC3C)n2)cc1. The lowest BCUT2D eigenvalue weighted by Crippen LogP contribution is -3.16. The number of nitrogens with one attached hydrogen (secondary N) is 2. The quantitative estimate of drug-likeness (QED) is 0.791. The smallest absolute Gasteiger partial charge is 0.267 e. The molecule has 0 bridgehead atoms. The minimum absolute atomic E-state index is 0.0522. The van der Waals surface area contributed by atoms with Crippen LogP contribution in [0.2, 0.25) is 0 Å². The molecule has 2 unspecified atom stereocenters. The van der Waals surface area contributed by atoms with Gasteiger partial charge in [-0.3, -0.25) is 9.59 Å². The number of hydrogen-bond donors (Lipinski definition) is 2. The standard InChI is InChI=1S/C21H28N4O2/c1-16-6-8-18(9-7-16)19-10-11-21(27)25(23-19)15-20(26)22-12-14-24-13-4-3-5-17(24)2/h6-11,17H,3-5,12-15H2,1-2H3,(H,22,26)/p+1. The number of carbonyl (C=O) groups is 1. The Morgan fingerprint density at radius 1 is 1.22 bits per heavy atom. The van der Waals surface area contributed by atoms with Crippen LogP contribution in [-0.4, -0.2) is 41.4 Å². The van der Waals surface area contributed by atoms with E-state index in [1.165, 1.54) is 36.6 Å². The molecule has 27 heavy (non-hydrogen) atoms. The Morgan fingerprint density at radius 3 is 2.74 bits per heavy atom. The molecular weight excluding hydrogens is 340 g/mol. The molecular formula is C21H29N4O2+. The lowest BCUT2D eigenvalue weighted by atomic mass is 10.0. The Morgan fingerprint density at radius 2 is 2.00 bits per heavy atom. The Hall–Kier alpha value is -2.47. The van der Waals surface area contributed by atoms with Crippen molar-refractivity contribution in [1.29, 1.82) is 0 Å². The molecule has 0 radical (unpaired) electrons. The third-order valence-electron chi connectivity index (χ3n) is 5.36. The van der Waals surface area contributed by atoms with Gasteiger partial charge in [0.05, 0.1) is 31.4 Å². The highest BCUT2D eigenvalue weighted by molar-refractivity contribution is 5.75. The minimum Gasteiger partial charge on any atom is -0.349 e. The van der Waals surface area contributed by atoms with Crippen molar-refractivity contribution in [1.82, 2.24) is 15.1 Å². The van der Waals surface area contributed by atoms with Crippen LogP contribution in [0, 0.1) is 6.92 Å². The molecule has 1 saturated heterocycles. The number of likely N-dealkylation sites (tertiary alicyclic amines) is 1. The van der Waals surface area contributed by atoms with Crippen LogP contribution in [0.1, 0.15) is 31.7 Å². The van der Waals surface area contributed by atoms with Crippen LogP contribution in [0.4, 0.5) is 0 Å². The fraction of sp³-hybridized carbons (Fsp3) is 0.476. The predicted molar refractivity (Wildman–Crippen MR) is 106 cm³/mol. The summed E-state index contributed by atoms with van der Waals surface area (Å²) in [6, 6.07) is 11.8. The maximum absolute atomic E-state index is 12.3. The molecule has 1 aliphatic rings. The maximum Gasteiger partial charge on any atom is 0.267 e. The van der Waals surface area contributed by atoms with Gasteiger partial charge in [-0.1, -0.05) is 29.8 Å². The molecule has 6 heteroatoms. The molecule has 6 nitrogen and oxygen atoms in total. The summed E-state index contributed by atoms with van der Waals surface area (Å²) in [6.07, 6.45) is 3.83. The summed E-state index contributed by atoms with van der Waals surface area (Å²) < 4.78 is 1.24. The molecule has 1 aromatic heterocycles. The number of benzene rings is 1. The van der Waals surface area contributed by atoms with Crippen molar-refractivity contribution < 1.29 is 9.69 Å². The molecule has 3 rings (SSSR count). The molecule has 1 fully saturated rings. The van der Waals surface area contributed by atoms with Gasteiger partial charge in [0.2, 0.25) is 5.91 Å². The average molecular weight is 369 g/mol. The number of nitrogens with zero attached hydrogens (tertiary/aromatic N) is 2. The van der Waals surface area contributed by atoms with E-state index in [4.69, 9.17) is 0 Å². The third-order valence-corrected chi connectivity index (χ3v) is 5.36. The van der Waals surface area contributed by atoms with E-state index in [2.05, 4.69) is 17.3 Å². The summed E-state index contributed by atoms with van der Waals surface area (Å²) >= 11 is 0. The first-order chi connectivity index (χ1) is 13.0. The summed E-state index contributed by atoms with van der Waals surface area (Å²) in [4.78, 5) is 25.9. The third kappa shape index (κ3) is 5.26. The number of piperidine rings is 1. The van der Waals surface area contributed by atoms with Gasteiger partial charge in [-0.05, 0) is 39.2 Å². The molecule has 1 aromatic carbocycles. The normalized spacial score (nSPS) is 19.6. The molecule has 1 aliphatic heterocycles. The largest absolute Gasteiger partial charge is 0.349 e.